The first-order valence-electron chi connectivity index (χ1n) is 8.62. The van der Waals surface area contributed by atoms with Gasteiger partial charge in [0.25, 0.3) is 0 Å². The molecule has 1 rings (SSSR count). The molecule has 1 aliphatic rings. The maximum Gasteiger partial charge on any atom is 0.243 e. The third-order valence-electron chi connectivity index (χ3n) is 3.74. The second-order valence-electron chi connectivity index (χ2n) is 6.03. The molecule has 0 unspecified atom stereocenters. The Morgan fingerprint density at radius 3 is 2.79 bits per heavy atom. The zero-order chi connectivity index (χ0) is 17.6. The van der Waals surface area contributed by atoms with E-state index in [4.69, 9.17) is 9.47 Å². The van der Waals surface area contributed by atoms with Gasteiger partial charge < -0.3 is 25.0 Å². The van der Waals surface area contributed by atoms with Crippen LogP contribution in [0.4, 0.5) is 0 Å². The molecule has 0 aromatic heterocycles. The maximum atomic E-state index is 11.6. The second-order valence-corrected chi connectivity index (χ2v) is 6.03. The number of nitrogens with zero attached hydrogens (tertiary/aromatic N) is 2. The largest absolute Gasteiger partial charge is 0.381 e. The summed E-state index contributed by atoms with van der Waals surface area (Å²) >= 11 is 0. The van der Waals surface area contributed by atoms with Crippen molar-refractivity contribution in [2.24, 2.45) is 10.9 Å². The number of aliphatic imine (C=N–C) groups is 1. The van der Waals surface area contributed by atoms with Crippen molar-refractivity contribution in [1.29, 1.82) is 0 Å². The molecule has 1 heterocycles. The van der Waals surface area contributed by atoms with E-state index in [1.807, 2.05) is 0 Å². The Morgan fingerprint density at radius 2 is 2.12 bits per heavy atom. The maximum absolute atomic E-state index is 11.6. The first kappa shape index (κ1) is 20.4. The SMILES string of the molecule is C=CCNC(=NCC(=O)N(C)C)NCCCOCC1CCOCC1. The second kappa shape index (κ2) is 12.8. The molecular weight excluding hydrogens is 308 g/mol. The first-order chi connectivity index (χ1) is 11.6. The zero-order valence-corrected chi connectivity index (χ0v) is 15.1. The van der Waals surface area contributed by atoms with Crippen molar-refractivity contribution in [3.63, 3.8) is 0 Å². The van der Waals surface area contributed by atoms with Crippen LogP contribution in [-0.2, 0) is 14.3 Å². The Kier molecular flexibility index (Phi) is 10.9. The van der Waals surface area contributed by atoms with Gasteiger partial charge in [-0.3, -0.25) is 4.79 Å². The van der Waals surface area contributed by atoms with Gasteiger partial charge in [-0.1, -0.05) is 6.08 Å². The van der Waals surface area contributed by atoms with Gasteiger partial charge in [0.2, 0.25) is 5.91 Å². The van der Waals surface area contributed by atoms with Gasteiger partial charge >= 0.3 is 0 Å². The van der Waals surface area contributed by atoms with Crippen LogP contribution in [0.2, 0.25) is 0 Å². The fraction of sp³-hybridized carbons (Fsp3) is 0.765. The summed E-state index contributed by atoms with van der Waals surface area (Å²) in [5.41, 5.74) is 0. The summed E-state index contributed by atoms with van der Waals surface area (Å²) in [5, 5.41) is 6.31. The van der Waals surface area contributed by atoms with Gasteiger partial charge in [0.1, 0.15) is 6.54 Å². The smallest absolute Gasteiger partial charge is 0.243 e. The van der Waals surface area contributed by atoms with E-state index in [9.17, 15) is 4.79 Å². The highest BCUT2D eigenvalue weighted by Gasteiger charge is 2.13. The van der Waals surface area contributed by atoms with Crippen LogP contribution in [0.15, 0.2) is 17.6 Å². The monoisotopic (exact) mass is 340 g/mol. The number of ether oxygens (including phenoxy) is 2. The van der Waals surface area contributed by atoms with Crippen LogP contribution < -0.4 is 10.6 Å². The van der Waals surface area contributed by atoms with Crippen molar-refractivity contribution in [1.82, 2.24) is 15.5 Å². The summed E-state index contributed by atoms with van der Waals surface area (Å²) in [6, 6.07) is 0. The van der Waals surface area contributed by atoms with Crippen LogP contribution in [0, 0.1) is 5.92 Å². The van der Waals surface area contributed by atoms with E-state index in [1.54, 1.807) is 20.2 Å². The molecule has 0 saturated carbocycles. The number of likely N-dealkylation sites (N-methyl/N-ethyl adjacent to an activating group) is 1. The van der Waals surface area contributed by atoms with E-state index in [-0.39, 0.29) is 12.5 Å². The Morgan fingerprint density at radius 1 is 1.38 bits per heavy atom. The first-order valence-corrected chi connectivity index (χ1v) is 8.62. The van der Waals surface area contributed by atoms with Gasteiger partial charge in [0, 0.05) is 53.6 Å². The normalized spacial score (nSPS) is 15.8. The van der Waals surface area contributed by atoms with Crippen molar-refractivity contribution >= 4 is 11.9 Å². The van der Waals surface area contributed by atoms with Gasteiger partial charge in [-0.15, -0.1) is 6.58 Å². The summed E-state index contributed by atoms with van der Waals surface area (Å²) in [5.74, 6) is 1.22. The minimum atomic E-state index is -0.0329. The number of rotatable bonds is 10. The van der Waals surface area contributed by atoms with Crippen LogP contribution in [0.1, 0.15) is 19.3 Å². The average molecular weight is 340 g/mol. The molecule has 2 N–H and O–H groups in total. The lowest BCUT2D eigenvalue weighted by atomic mass is 10.0. The summed E-state index contributed by atoms with van der Waals surface area (Å²) in [6.07, 6.45) is 4.84. The number of carbonyl (C=O) groups excluding carboxylic acids is 1. The number of carbonyl (C=O) groups is 1. The van der Waals surface area contributed by atoms with Crippen molar-refractivity contribution in [2.75, 3.05) is 60.2 Å². The summed E-state index contributed by atoms with van der Waals surface area (Å²) in [6.45, 7) is 8.39. The number of amides is 1. The third-order valence-corrected chi connectivity index (χ3v) is 3.74. The van der Waals surface area contributed by atoms with Gasteiger partial charge in [0.15, 0.2) is 5.96 Å². The molecule has 1 aliphatic heterocycles. The Balaban J connectivity index is 2.17. The van der Waals surface area contributed by atoms with Gasteiger partial charge in [-0.25, -0.2) is 4.99 Å². The summed E-state index contributed by atoms with van der Waals surface area (Å²) < 4.78 is 11.1. The van der Waals surface area contributed by atoms with E-state index >= 15 is 0 Å². The van der Waals surface area contributed by atoms with E-state index in [2.05, 4.69) is 22.2 Å². The van der Waals surface area contributed by atoms with Crippen LogP contribution in [0.25, 0.3) is 0 Å². The standard InChI is InChI=1S/C17H32N4O3/c1-4-8-18-17(20-13-16(22)21(2)3)19-9-5-10-24-14-15-6-11-23-12-7-15/h4,15H,1,5-14H2,2-3H3,(H2,18,19,20). The van der Waals surface area contributed by atoms with Crippen LogP contribution in [0.5, 0.6) is 0 Å². The van der Waals surface area contributed by atoms with Crippen LogP contribution in [-0.4, -0.2) is 76.9 Å². The lowest BCUT2D eigenvalue weighted by molar-refractivity contribution is -0.127. The minimum Gasteiger partial charge on any atom is -0.381 e. The highest BCUT2D eigenvalue weighted by molar-refractivity contribution is 5.84. The molecule has 1 saturated heterocycles. The van der Waals surface area contributed by atoms with Gasteiger partial charge in [-0.2, -0.15) is 0 Å². The predicted octanol–water partition coefficient (Wildman–Crippen LogP) is 0.629. The number of nitrogens with one attached hydrogen (secondary N) is 2. The summed E-state index contributed by atoms with van der Waals surface area (Å²) in [4.78, 5) is 17.4. The third kappa shape index (κ3) is 9.52. The zero-order valence-electron chi connectivity index (χ0n) is 15.1. The van der Waals surface area contributed by atoms with Gasteiger partial charge in [0.05, 0.1) is 0 Å². The highest BCUT2D eigenvalue weighted by Crippen LogP contribution is 2.14. The topological polar surface area (TPSA) is 75.2 Å². The molecule has 0 bridgehead atoms. The van der Waals surface area contributed by atoms with E-state index in [0.717, 1.165) is 52.2 Å². The molecule has 7 nitrogen and oxygen atoms in total. The van der Waals surface area contributed by atoms with E-state index in [1.165, 1.54) is 4.90 Å². The molecule has 0 spiro atoms. The molecule has 1 amide bonds. The quantitative estimate of drug-likeness (QED) is 0.264. The summed E-state index contributed by atoms with van der Waals surface area (Å²) in [7, 11) is 3.44. The molecule has 0 aromatic carbocycles. The molecule has 0 atom stereocenters. The van der Waals surface area contributed by atoms with Crippen LogP contribution in [0.3, 0.4) is 0 Å². The van der Waals surface area contributed by atoms with Gasteiger partial charge in [-0.05, 0) is 25.2 Å². The molecule has 7 heteroatoms. The van der Waals surface area contributed by atoms with Crippen molar-refractivity contribution in [2.45, 2.75) is 19.3 Å². The van der Waals surface area contributed by atoms with Crippen molar-refractivity contribution < 1.29 is 14.3 Å². The Labute approximate surface area is 145 Å². The molecule has 138 valence electrons. The highest BCUT2D eigenvalue weighted by atomic mass is 16.5. The number of hydrogen-bond donors (Lipinski definition) is 2. The molecule has 0 radical (unpaired) electrons. The van der Waals surface area contributed by atoms with E-state index in [0.29, 0.717) is 18.4 Å². The lowest BCUT2D eigenvalue weighted by Crippen LogP contribution is -2.39. The molecular formula is C17H32N4O3. The molecule has 0 aliphatic carbocycles. The Bertz CT molecular complexity index is 393. The fourth-order valence-corrected chi connectivity index (χ4v) is 2.18. The molecule has 24 heavy (non-hydrogen) atoms. The number of hydrogen-bond acceptors (Lipinski definition) is 4. The number of guanidine groups is 1. The van der Waals surface area contributed by atoms with Crippen molar-refractivity contribution in [3.8, 4) is 0 Å². The minimum absolute atomic E-state index is 0.0329. The van der Waals surface area contributed by atoms with E-state index < -0.39 is 0 Å². The molecule has 1 fully saturated rings. The Hall–Kier alpha value is -1.60. The predicted molar refractivity (Wildman–Crippen MR) is 96.2 cm³/mol. The molecule has 0 aromatic rings. The lowest BCUT2D eigenvalue weighted by Gasteiger charge is -2.21. The fourth-order valence-electron chi connectivity index (χ4n) is 2.18. The average Bonchev–Trinajstić information content (AvgIpc) is 2.60. The van der Waals surface area contributed by atoms with Crippen molar-refractivity contribution in [3.05, 3.63) is 12.7 Å². The van der Waals surface area contributed by atoms with Crippen LogP contribution >= 0.6 is 0 Å².